The molecule has 0 unspecified atom stereocenters. The Morgan fingerprint density at radius 2 is 1.81 bits per heavy atom. The van der Waals surface area contributed by atoms with Crippen molar-refractivity contribution in [2.75, 3.05) is 17.2 Å². The van der Waals surface area contributed by atoms with Gasteiger partial charge in [0, 0.05) is 17.8 Å². The molecule has 1 aliphatic rings. The Labute approximate surface area is 125 Å². The van der Waals surface area contributed by atoms with Crippen LogP contribution in [0.4, 0.5) is 11.4 Å². The molecule has 1 saturated heterocycles. The van der Waals surface area contributed by atoms with Crippen molar-refractivity contribution < 1.29 is 9.59 Å². The van der Waals surface area contributed by atoms with Crippen LogP contribution in [0.2, 0.25) is 0 Å². The first-order valence-corrected chi connectivity index (χ1v) is 7.49. The number of nitrogens with one attached hydrogen (secondary N) is 3. The molecule has 1 atom stereocenters. The van der Waals surface area contributed by atoms with Gasteiger partial charge in [-0.2, -0.15) is 0 Å². The molecule has 0 radical (unpaired) electrons. The summed E-state index contributed by atoms with van der Waals surface area (Å²) >= 11 is 0. The molecule has 2 amide bonds. The highest BCUT2D eigenvalue weighted by atomic mass is 16.2. The van der Waals surface area contributed by atoms with Crippen LogP contribution in [0.1, 0.15) is 33.1 Å². The standard InChI is InChI=1S/C16H23N3O2/c1-11(2)10-15(20)18-12-5-7-13(8-6-12)19-16(21)14-4-3-9-17-14/h5-8,11,14,17H,3-4,9-10H2,1-2H3,(H,18,20)(H,19,21)/t14-/m1/s1. The fourth-order valence-electron chi connectivity index (χ4n) is 2.36. The molecule has 1 aromatic carbocycles. The summed E-state index contributed by atoms with van der Waals surface area (Å²) in [6.45, 7) is 4.92. The van der Waals surface area contributed by atoms with Crippen LogP contribution in [0.25, 0.3) is 0 Å². The van der Waals surface area contributed by atoms with Crippen molar-refractivity contribution in [3.8, 4) is 0 Å². The van der Waals surface area contributed by atoms with Crippen molar-refractivity contribution in [3.63, 3.8) is 0 Å². The lowest BCUT2D eigenvalue weighted by Crippen LogP contribution is -2.35. The Morgan fingerprint density at radius 1 is 1.19 bits per heavy atom. The summed E-state index contributed by atoms with van der Waals surface area (Å²) in [5, 5.41) is 8.89. The van der Waals surface area contributed by atoms with Crippen LogP contribution < -0.4 is 16.0 Å². The van der Waals surface area contributed by atoms with E-state index in [4.69, 9.17) is 0 Å². The quantitative estimate of drug-likeness (QED) is 0.779. The van der Waals surface area contributed by atoms with Crippen molar-refractivity contribution in [1.82, 2.24) is 5.32 Å². The third-order valence-corrected chi connectivity index (χ3v) is 3.41. The Balaban J connectivity index is 1.86. The Bertz CT molecular complexity index is 491. The maximum absolute atomic E-state index is 12.0. The van der Waals surface area contributed by atoms with Gasteiger partial charge in [-0.25, -0.2) is 0 Å². The van der Waals surface area contributed by atoms with Gasteiger partial charge < -0.3 is 16.0 Å². The van der Waals surface area contributed by atoms with Gasteiger partial charge in [-0.3, -0.25) is 9.59 Å². The smallest absolute Gasteiger partial charge is 0.241 e. The van der Waals surface area contributed by atoms with Crippen LogP contribution in [0.15, 0.2) is 24.3 Å². The first kappa shape index (κ1) is 15.5. The van der Waals surface area contributed by atoms with Gasteiger partial charge in [0.2, 0.25) is 11.8 Å². The third-order valence-electron chi connectivity index (χ3n) is 3.41. The second kappa shape index (κ2) is 7.22. The third kappa shape index (κ3) is 4.86. The summed E-state index contributed by atoms with van der Waals surface area (Å²) in [6, 6.07) is 7.12. The molecule has 0 spiro atoms. The number of hydrogen-bond donors (Lipinski definition) is 3. The highest BCUT2D eigenvalue weighted by molar-refractivity contribution is 5.95. The number of amides is 2. The zero-order valence-electron chi connectivity index (χ0n) is 12.6. The van der Waals surface area contributed by atoms with E-state index in [1.165, 1.54) is 0 Å². The number of carbonyl (C=O) groups is 2. The van der Waals surface area contributed by atoms with Gasteiger partial charge in [0.15, 0.2) is 0 Å². The fraction of sp³-hybridized carbons (Fsp3) is 0.500. The maximum Gasteiger partial charge on any atom is 0.241 e. The average Bonchev–Trinajstić information content (AvgIpc) is 2.94. The van der Waals surface area contributed by atoms with E-state index in [-0.39, 0.29) is 17.9 Å². The maximum atomic E-state index is 12.0. The molecule has 0 bridgehead atoms. The lowest BCUT2D eigenvalue weighted by molar-refractivity contribution is -0.118. The molecule has 0 aromatic heterocycles. The summed E-state index contributed by atoms with van der Waals surface area (Å²) in [5.74, 6) is 0.350. The molecule has 1 aromatic rings. The van der Waals surface area contributed by atoms with Gasteiger partial charge in [0.05, 0.1) is 6.04 Å². The number of carbonyl (C=O) groups excluding carboxylic acids is 2. The Hall–Kier alpha value is -1.88. The van der Waals surface area contributed by atoms with Crippen LogP contribution in [0.3, 0.4) is 0 Å². The van der Waals surface area contributed by atoms with Gasteiger partial charge in [-0.1, -0.05) is 13.8 Å². The summed E-state index contributed by atoms with van der Waals surface area (Å²) < 4.78 is 0. The molecule has 1 aliphatic heterocycles. The largest absolute Gasteiger partial charge is 0.326 e. The molecule has 114 valence electrons. The van der Waals surface area contributed by atoms with Gasteiger partial charge in [0.1, 0.15) is 0 Å². The highest BCUT2D eigenvalue weighted by Gasteiger charge is 2.21. The molecular weight excluding hydrogens is 266 g/mol. The van der Waals surface area contributed by atoms with Gasteiger partial charge in [0.25, 0.3) is 0 Å². The monoisotopic (exact) mass is 289 g/mol. The van der Waals surface area contributed by atoms with Crippen LogP contribution in [-0.4, -0.2) is 24.4 Å². The Kier molecular flexibility index (Phi) is 5.33. The second-order valence-electron chi connectivity index (χ2n) is 5.86. The summed E-state index contributed by atoms with van der Waals surface area (Å²) in [6.07, 6.45) is 2.43. The summed E-state index contributed by atoms with van der Waals surface area (Å²) in [7, 11) is 0. The van der Waals surface area contributed by atoms with Crippen molar-refractivity contribution >= 4 is 23.2 Å². The summed E-state index contributed by atoms with van der Waals surface area (Å²) in [5.41, 5.74) is 1.49. The van der Waals surface area contributed by atoms with Crippen LogP contribution in [0, 0.1) is 5.92 Å². The molecule has 2 rings (SSSR count). The normalized spacial score (nSPS) is 17.8. The topological polar surface area (TPSA) is 70.2 Å². The van der Waals surface area contributed by atoms with Crippen molar-refractivity contribution in [2.24, 2.45) is 5.92 Å². The van der Waals surface area contributed by atoms with Gasteiger partial charge in [-0.15, -0.1) is 0 Å². The van der Waals surface area contributed by atoms with Crippen LogP contribution in [-0.2, 0) is 9.59 Å². The second-order valence-corrected chi connectivity index (χ2v) is 5.86. The van der Waals surface area contributed by atoms with Crippen molar-refractivity contribution in [3.05, 3.63) is 24.3 Å². The van der Waals surface area contributed by atoms with E-state index in [2.05, 4.69) is 16.0 Å². The van der Waals surface area contributed by atoms with Gasteiger partial charge >= 0.3 is 0 Å². The fourth-order valence-corrected chi connectivity index (χ4v) is 2.36. The van der Waals surface area contributed by atoms with E-state index in [0.29, 0.717) is 12.3 Å². The zero-order chi connectivity index (χ0) is 15.2. The van der Waals surface area contributed by atoms with Crippen LogP contribution in [0.5, 0.6) is 0 Å². The minimum absolute atomic E-state index is 0.00379. The minimum atomic E-state index is -0.0876. The lowest BCUT2D eigenvalue weighted by atomic mass is 10.1. The number of benzene rings is 1. The number of rotatable bonds is 5. The van der Waals surface area contributed by atoms with E-state index in [1.54, 1.807) is 24.3 Å². The molecule has 5 nitrogen and oxygen atoms in total. The van der Waals surface area contributed by atoms with E-state index >= 15 is 0 Å². The lowest BCUT2D eigenvalue weighted by Gasteiger charge is -2.12. The SMILES string of the molecule is CC(C)CC(=O)Nc1ccc(NC(=O)[C@H]2CCCN2)cc1. The van der Waals surface area contributed by atoms with Crippen molar-refractivity contribution in [2.45, 2.75) is 39.2 Å². The Morgan fingerprint density at radius 3 is 2.33 bits per heavy atom. The molecule has 0 aliphatic carbocycles. The van der Waals surface area contributed by atoms with E-state index in [9.17, 15) is 9.59 Å². The first-order chi connectivity index (χ1) is 10.0. The molecule has 0 saturated carbocycles. The molecule has 5 heteroatoms. The molecular formula is C16H23N3O2. The van der Waals surface area contributed by atoms with Crippen LogP contribution >= 0.6 is 0 Å². The number of hydrogen-bond acceptors (Lipinski definition) is 3. The molecule has 1 heterocycles. The minimum Gasteiger partial charge on any atom is -0.326 e. The molecule has 3 N–H and O–H groups in total. The average molecular weight is 289 g/mol. The zero-order valence-corrected chi connectivity index (χ0v) is 12.6. The van der Waals surface area contributed by atoms with E-state index in [0.717, 1.165) is 30.8 Å². The van der Waals surface area contributed by atoms with E-state index in [1.807, 2.05) is 13.8 Å². The molecule has 1 fully saturated rings. The summed E-state index contributed by atoms with van der Waals surface area (Å²) in [4.78, 5) is 23.6. The van der Waals surface area contributed by atoms with Crippen molar-refractivity contribution in [1.29, 1.82) is 0 Å². The highest BCUT2D eigenvalue weighted by Crippen LogP contribution is 2.16. The number of anilines is 2. The molecule has 21 heavy (non-hydrogen) atoms. The predicted molar refractivity (Wildman–Crippen MR) is 84.2 cm³/mol. The first-order valence-electron chi connectivity index (χ1n) is 7.49. The van der Waals surface area contributed by atoms with Gasteiger partial charge in [-0.05, 0) is 49.6 Å². The predicted octanol–water partition coefficient (Wildman–Crippen LogP) is 2.36. The van der Waals surface area contributed by atoms with E-state index < -0.39 is 0 Å².